The largest absolute Gasteiger partial charge is 0.395 e. The van der Waals surface area contributed by atoms with Gasteiger partial charge in [0.2, 0.25) is 0 Å². The molecule has 0 aromatic heterocycles. The van der Waals surface area contributed by atoms with Gasteiger partial charge in [0.1, 0.15) is 0 Å². The zero-order chi connectivity index (χ0) is 7.40. The van der Waals surface area contributed by atoms with Crippen molar-refractivity contribution in [1.82, 2.24) is 0 Å². The molecule has 0 aromatic rings. The molecule has 10 heavy (non-hydrogen) atoms. The first kappa shape index (κ1) is 8.50. The standard InChI is InChI=1S/C7H13BrO2/c8-6(5-9)7-3-1-2-4-10-7/h6-7,9H,1-5H2. The van der Waals surface area contributed by atoms with E-state index < -0.39 is 0 Å². The summed E-state index contributed by atoms with van der Waals surface area (Å²) in [7, 11) is 0. The fraction of sp³-hybridized carbons (Fsp3) is 1.00. The predicted octanol–water partition coefficient (Wildman–Crippen LogP) is 1.31. The summed E-state index contributed by atoms with van der Waals surface area (Å²) in [5.41, 5.74) is 0. The Labute approximate surface area is 69.7 Å². The molecule has 0 aliphatic carbocycles. The fourth-order valence-electron chi connectivity index (χ4n) is 1.17. The van der Waals surface area contributed by atoms with Crippen molar-refractivity contribution in [2.45, 2.75) is 30.2 Å². The molecule has 60 valence electrons. The number of aliphatic hydroxyl groups excluding tert-OH is 1. The van der Waals surface area contributed by atoms with Crippen LogP contribution in [0.2, 0.25) is 0 Å². The van der Waals surface area contributed by atoms with Gasteiger partial charge in [0.15, 0.2) is 0 Å². The summed E-state index contributed by atoms with van der Waals surface area (Å²) < 4.78 is 5.42. The van der Waals surface area contributed by atoms with E-state index >= 15 is 0 Å². The van der Waals surface area contributed by atoms with Crippen molar-refractivity contribution >= 4 is 15.9 Å². The minimum atomic E-state index is 0.132. The van der Waals surface area contributed by atoms with Crippen molar-refractivity contribution in [2.75, 3.05) is 13.2 Å². The summed E-state index contributed by atoms with van der Waals surface area (Å²) in [5, 5.41) is 8.76. The first-order valence-electron chi connectivity index (χ1n) is 3.71. The average molecular weight is 209 g/mol. The molecule has 0 amide bonds. The van der Waals surface area contributed by atoms with Gasteiger partial charge < -0.3 is 9.84 Å². The Bertz CT molecular complexity index is 91.6. The predicted molar refractivity (Wildman–Crippen MR) is 43.4 cm³/mol. The van der Waals surface area contributed by atoms with Crippen LogP contribution in [0.3, 0.4) is 0 Å². The van der Waals surface area contributed by atoms with Gasteiger partial charge in [-0.3, -0.25) is 0 Å². The minimum absolute atomic E-state index is 0.132. The lowest BCUT2D eigenvalue weighted by atomic mass is 10.1. The molecule has 2 atom stereocenters. The van der Waals surface area contributed by atoms with Crippen LogP contribution in [0.1, 0.15) is 19.3 Å². The van der Waals surface area contributed by atoms with E-state index in [1.807, 2.05) is 0 Å². The number of halogens is 1. The summed E-state index contributed by atoms with van der Waals surface area (Å²) in [5.74, 6) is 0. The fourth-order valence-corrected chi connectivity index (χ4v) is 1.59. The monoisotopic (exact) mass is 208 g/mol. The molecular formula is C7H13BrO2. The van der Waals surface area contributed by atoms with Crippen LogP contribution in [0.15, 0.2) is 0 Å². The molecule has 1 heterocycles. The van der Waals surface area contributed by atoms with Gasteiger partial charge in [0.05, 0.1) is 17.5 Å². The lowest BCUT2D eigenvalue weighted by Gasteiger charge is -2.25. The molecule has 0 radical (unpaired) electrons. The van der Waals surface area contributed by atoms with Gasteiger partial charge in [-0.2, -0.15) is 0 Å². The van der Waals surface area contributed by atoms with Crippen LogP contribution < -0.4 is 0 Å². The molecule has 0 saturated carbocycles. The molecule has 1 rings (SSSR count). The SMILES string of the molecule is OCC(Br)C1CCCCO1. The summed E-state index contributed by atoms with van der Waals surface area (Å²) in [6, 6.07) is 0. The molecule has 2 unspecified atom stereocenters. The highest BCUT2D eigenvalue weighted by Crippen LogP contribution is 2.19. The molecule has 0 spiro atoms. The third-order valence-electron chi connectivity index (χ3n) is 1.79. The maximum atomic E-state index is 8.76. The van der Waals surface area contributed by atoms with Crippen LogP contribution in [-0.4, -0.2) is 29.3 Å². The van der Waals surface area contributed by atoms with Gasteiger partial charge in [-0.15, -0.1) is 0 Å². The molecule has 1 fully saturated rings. The number of aliphatic hydroxyl groups is 1. The number of ether oxygens (including phenoxy) is 1. The van der Waals surface area contributed by atoms with E-state index in [0.717, 1.165) is 13.0 Å². The Morgan fingerprint density at radius 3 is 2.90 bits per heavy atom. The van der Waals surface area contributed by atoms with Crippen LogP contribution in [0, 0.1) is 0 Å². The van der Waals surface area contributed by atoms with Gasteiger partial charge in [-0.25, -0.2) is 0 Å². The maximum absolute atomic E-state index is 8.76. The van der Waals surface area contributed by atoms with Crippen molar-refractivity contribution in [2.24, 2.45) is 0 Å². The van der Waals surface area contributed by atoms with E-state index in [0.29, 0.717) is 0 Å². The van der Waals surface area contributed by atoms with Crippen LogP contribution in [0.5, 0.6) is 0 Å². The van der Waals surface area contributed by atoms with E-state index in [9.17, 15) is 0 Å². The molecule has 2 nitrogen and oxygen atoms in total. The second kappa shape index (κ2) is 4.31. The Balaban J connectivity index is 2.24. The highest BCUT2D eigenvalue weighted by Gasteiger charge is 2.20. The van der Waals surface area contributed by atoms with Crippen molar-refractivity contribution in [3.05, 3.63) is 0 Å². The molecular weight excluding hydrogens is 196 g/mol. The summed E-state index contributed by atoms with van der Waals surface area (Å²) in [6.07, 6.45) is 3.71. The number of hydrogen-bond acceptors (Lipinski definition) is 2. The van der Waals surface area contributed by atoms with E-state index in [1.165, 1.54) is 12.8 Å². The maximum Gasteiger partial charge on any atom is 0.0722 e. The summed E-state index contributed by atoms with van der Waals surface area (Å²) in [4.78, 5) is 0.132. The van der Waals surface area contributed by atoms with Crippen LogP contribution in [-0.2, 0) is 4.74 Å². The van der Waals surface area contributed by atoms with E-state index in [4.69, 9.17) is 9.84 Å². The number of rotatable bonds is 2. The summed E-state index contributed by atoms with van der Waals surface area (Å²) in [6.45, 7) is 1.03. The lowest BCUT2D eigenvalue weighted by Crippen LogP contribution is -2.30. The lowest BCUT2D eigenvalue weighted by molar-refractivity contribution is 0.00792. The Morgan fingerprint density at radius 2 is 2.40 bits per heavy atom. The second-order valence-corrected chi connectivity index (χ2v) is 3.78. The molecule has 3 heteroatoms. The van der Waals surface area contributed by atoms with Crippen LogP contribution >= 0.6 is 15.9 Å². The molecule has 1 aliphatic heterocycles. The topological polar surface area (TPSA) is 29.5 Å². The highest BCUT2D eigenvalue weighted by molar-refractivity contribution is 9.09. The van der Waals surface area contributed by atoms with Gasteiger partial charge in [-0.1, -0.05) is 15.9 Å². The highest BCUT2D eigenvalue weighted by atomic mass is 79.9. The van der Waals surface area contributed by atoms with Crippen molar-refractivity contribution in [1.29, 1.82) is 0 Å². The smallest absolute Gasteiger partial charge is 0.0722 e. The third-order valence-corrected chi connectivity index (χ3v) is 2.67. The van der Waals surface area contributed by atoms with Gasteiger partial charge in [0, 0.05) is 6.61 Å². The van der Waals surface area contributed by atoms with E-state index in [1.54, 1.807) is 0 Å². The van der Waals surface area contributed by atoms with Crippen LogP contribution in [0.4, 0.5) is 0 Å². The number of alkyl halides is 1. The Kier molecular flexibility index (Phi) is 3.66. The van der Waals surface area contributed by atoms with Gasteiger partial charge in [0.25, 0.3) is 0 Å². The normalized spacial score (nSPS) is 30.0. The van der Waals surface area contributed by atoms with E-state index in [-0.39, 0.29) is 17.5 Å². The van der Waals surface area contributed by atoms with Crippen LogP contribution in [0.25, 0.3) is 0 Å². The third kappa shape index (κ3) is 2.22. The average Bonchev–Trinajstić information content (AvgIpc) is 2.05. The Morgan fingerprint density at radius 1 is 1.60 bits per heavy atom. The van der Waals surface area contributed by atoms with Crippen molar-refractivity contribution in [3.8, 4) is 0 Å². The molecule has 1 saturated heterocycles. The van der Waals surface area contributed by atoms with Crippen molar-refractivity contribution < 1.29 is 9.84 Å². The van der Waals surface area contributed by atoms with Gasteiger partial charge in [-0.05, 0) is 19.3 Å². The molecule has 0 aromatic carbocycles. The molecule has 1 aliphatic rings. The first-order chi connectivity index (χ1) is 4.84. The van der Waals surface area contributed by atoms with E-state index in [2.05, 4.69) is 15.9 Å². The van der Waals surface area contributed by atoms with Crippen molar-refractivity contribution in [3.63, 3.8) is 0 Å². The molecule has 1 N–H and O–H groups in total. The number of hydrogen-bond donors (Lipinski definition) is 1. The molecule has 0 bridgehead atoms. The second-order valence-electron chi connectivity index (χ2n) is 2.60. The zero-order valence-corrected chi connectivity index (χ0v) is 7.51. The van der Waals surface area contributed by atoms with Gasteiger partial charge >= 0.3 is 0 Å². The quantitative estimate of drug-likeness (QED) is 0.695. The minimum Gasteiger partial charge on any atom is -0.395 e. The zero-order valence-electron chi connectivity index (χ0n) is 5.92. The Hall–Kier alpha value is 0.400. The first-order valence-corrected chi connectivity index (χ1v) is 4.62. The summed E-state index contributed by atoms with van der Waals surface area (Å²) >= 11 is 3.36.